The third-order valence-electron chi connectivity index (χ3n) is 3.35. The molecule has 0 aromatic heterocycles. The highest BCUT2D eigenvalue weighted by molar-refractivity contribution is 5.83. The molecular weight excluding hydrogens is 258 g/mol. The zero-order valence-electron chi connectivity index (χ0n) is 11.4. The normalized spacial score (nSPS) is 22.1. The van der Waals surface area contributed by atoms with Gasteiger partial charge in [0.15, 0.2) is 0 Å². The zero-order chi connectivity index (χ0) is 14.5. The zero-order valence-corrected chi connectivity index (χ0v) is 11.4. The predicted molar refractivity (Wildman–Crippen MR) is 73.1 cm³/mol. The van der Waals surface area contributed by atoms with Gasteiger partial charge < -0.3 is 15.2 Å². The van der Waals surface area contributed by atoms with E-state index in [9.17, 15) is 9.59 Å². The number of ether oxygens (including phenoxy) is 1. The lowest BCUT2D eigenvalue weighted by Gasteiger charge is -2.17. The first-order chi connectivity index (χ1) is 9.61. The molecule has 5 heteroatoms. The second-order valence-corrected chi connectivity index (χ2v) is 4.91. The fourth-order valence-electron chi connectivity index (χ4n) is 2.24. The quantitative estimate of drug-likeness (QED) is 0.796. The first kappa shape index (κ1) is 14.5. The number of aliphatic carboxylic acids is 1. The lowest BCUT2D eigenvalue weighted by atomic mass is 10.0. The van der Waals surface area contributed by atoms with E-state index in [1.165, 1.54) is 0 Å². The van der Waals surface area contributed by atoms with E-state index in [1.807, 2.05) is 37.3 Å². The smallest absolute Gasteiger partial charge is 0.305 e. The summed E-state index contributed by atoms with van der Waals surface area (Å²) in [6.45, 7) is 2.48. The van der Waals surface area contributed by atoms with Crippen molar-refractivity contribution in [2.45, 2.75) is 31.9 Å². The molecule has 0 radical (unpaired) electrons. The number of hydrogen-bond acceptors (Lipinski definition) is 3. The maximum atomic E-state index is 12.1. The molecule has 2 rings (SSSR count). The second-order valence-electron chi connectivity index (χ2n) is 4.91. The highest BCUT2D eigenvalue weighted by Crippen LogP contribution is 2.34. The fourth-order valence-corrected chi connectivity index (χ4v) is 2.24. The van der Waals surface area contributed by atoms with Gasteiger partial charge in [-0.2, -0.15) is 0 Å². The van der Waals surface area contributed by atoms with Gasteiger partial charge in [-0.1, -0.05) is 30.3 Å². The maximum absolute atomic E-state index is 12.1. The molecule has 0 spiro atoms. The van der Waals surface area contributed by atoms with E-state index in [-0.39, 0.29) is 24.3 Å². The molecule has 1 saturated carbocycles. The van der Waals surface area contributed by atoms with E-state index < -0.39 is 12.0 Å². The van der Waals surface area contributed by atoms with E-state index in [1.54, 1.807) is 0 Å². The van der Waals surface area contributed by atoms with Crippen LogP contribution in [-0.4, -0.2) is 29.7 Å². The maximum Gasteiger partial charge on any atom is 0.305 e. The molecule has 0 bridgehead atoms. The Hall–Kier alpha value is -1.88. The van der Waals surface area contributed by atoms with Crippen LogP contribution in [0, 0.1) is 5.92 Å². The lowest BCUT2D eigenvalue weighted by Crippen LogP contribution is -2.32. The molecule has 5 nitrogen and oxygen atoms in total. The number of nitrogens with one attached hydrogen (secondary N) is 1. The Bertz CT molecular complexity index is 474. The van der Waals surface area contributed by atoms with Crippen LogP contribution in [0.3, 0.4) is 0 Å². The Morgan fingerprint density at radius 1 is 1.40 bits per heavy atom. The Morgan fingerprint density at radius 2 is 2.10 bits per heavy atom. The molecular formula is C15H19NO4. The van der Waals surface area contributed by atoms with Gasteiger partial charge in [0.25, 0.3) is 0 Å². The standard InChI is InChI=1S/C15H19NO4/c1-2-20-13-8-11(13)15(19)16-12(9-14(17)18)10-6-4-3-5-7-10/h3-7,11-13H,2,8-9H2,1H3,(H,16,19)(H,17,18)/t11-,12+,13+/m0/s1. The summed E-state index contributed by atoms with van der Waals surface area (Å²) >= 11 is 0. The average Bonchev–Trinajstić information content (AvgIpc) is 3.18. The Labute approximate surface area is 117 Å². The monoisotopic (exact) mass is 277 g/mol. The first-order valence-electron chi connectivity index (χ1n) is 6.80. The number of hydrogen-bond donors (Lipinski definition) is 2. The highest BCUT2D eigenvalue weighted by Gasteiger charge is 2.44. The largest absolute Gasteiger partial charge is 0.481 e. The lowest BCUT2D eigenvalue weighted by molar-refractivity contribution is -0.137. The molecule has 0 unspecified atom stereocenters. The van der Waals surface area contributed by atoms with Crippen molar-refractivity contribution in [2.24, 2.45) is 5.92 Å². The molecule has 1 aliphatic rings. The molecule has 0 heterocycles. The molecule has 2 N–H and O–H groups in total. The minimum absolute atomic E-state index is 0.0127. The van der Waals surface area contributed by atoms with Crippen LogP contribution < -0.4 is 5.32 Å². The van der Waals surface area contributed by atoms with Gasteiger partial charge in [-0.05, 0) is 18.9 Å². The number of carboxylic acid groups (broad SMARTS) is 1. The summed E-state index contributed by atoms with van der Waals surface area (Å²) < 4.78 is 5.38. The number of carboxylic acids is 1. The number of carbonyl (C=O) groups is 2. The van der Waals surface area contributed by atoms with Crippen LogP contribution in [-0.2, 0) is 14.3 Å². The summed E-state index contributed by atoms with van der Waals surface area (Å²) in [6.07, 6.45) is 0.581. The third-order valence-corrected chi connectivity index (χ3v) is 3.35. The van der Waals surface area contributed by atoms with Crippen LogP contribution in [0.1, 0.15) is 31.4 Å². The molecule has 3 atom stereocenters. The van der Waals surface area contributed by atoms with Crippen LogP contribution in [0.5, 0.6) is 0 Å². The minimum Gasteiger partial charge on any atom is -0.481 e. The van der Waals surface area contributed by atoms with E-state index in [4.69, 9.17) is 9.84 Å². The molecule has 1 aromatic rings. The van der Waals surface area contributed by atoms with Gasteiger partial charge in [-0.15, -0.1) is 0 Å². The summed E-state index contributed by atoms with van der Waals surface area (Å²) in [5.41, 5.74) is 0.803. The van der Waals surface area contributed by atoms with Gasteiger partial charge in [-0.25, -0.2) is 0 Å². The van der Waals surface area contributed by atoms with Crippen molar-refractivity contribution in [1.82, 2.24) is 5.32 Å². The number of rotatable bonds is 7. The molecule has 108 valence electrons. The summed E-state index contributed by atoms with van der Waals surface area (Å²) in [5, 5.41) is 11.8. The summed E-state index contributed by atoms with van der Waals surface area (Å²) in [4.78, 5) is 23.0. The first-order valence-corrected chi connectivity index (χ1v) is 6.80. The van der Waals surface area contributed by atoms with Crippen molar-refractivity contribution < 1.29 is 19.4 Å². The molecule has 0 saturated heterocycles. The topological polar surface area (TPSA) is 75.6 Å². The molecule has 1 aliphatic carbocycles. The summed E-state index contributed by atoms with van der Waals surface area (Å²) in [7, 11) is 0. The van der Waals surface area contributed by atoms with Crippen molar-refractivity contribution in [3.05, 3.63) is 35.9 Å². The van der Waals surface area contributed by atoms with E-state index >= 15 is 0 Å². The van der Waals surface area contributed by atoms with Gasteiger partial charge in [0.1, 0.15) is 0 Å². The van der Waals surface area contributed by atoms with Gasteiger partial charge in [0, 0.05) is 6.61 Å². The Balaban J connectivity index is 1.98. The van der Waals surface area contributed by atoms with Crippen LogP contribution >= 0.6 is 0 Å². The van der Waals surface area contributed by atoms with E-state index in [0.29, 0.717) is 13.0 Å². The van der Waals surface area contributed by atoms with Crippen LogP contribution in [0.15, 0.2) is 30.3 Å². The summed E-state index contributed by atoms with van der Waals surface area (Å²) in [6, 6.07) is 8.66. The van der Waals surface area contributed by atoms with Crippen LogP contribution in [0.25, 0.3) is 0 Å². The van der Waals surface area contributed by atoms with Gasteiger partial charge >= 0.3 is 5.97 Å². The van der Waals surface area contributed by atoms with Crippen molar-refractivity contribution in [3.8, 4) is 0 Å². The molecule has 0 aliphatic heterocycles. The minimum atomic E-state index is -0.934. The van der Waals surface area contributed by atoms with Crippen LogP contribution in [0.4, 0.5) is 0 Å². The predicted octanol–water partition coefficient (Wildman–Crippen LogP) is 1.74. The Morgan fingerprint density at radius 3 is 2.70 bits per heavy atom. The van der Waals surface area contributed by atoms with Gasteiger partial charge in [0.05, 0.1) is 24.5 Å². The van der Waals surface area contributed by atoms with Crippen molar-refractivity contribution in [2.75, 3.05) is 6.61 Å². The molecule has 1 aromatic carbocycles. The SMILES string of the molecule is CCO[C@@H]1C[C@@H]1C(=O)N[C@H](CC(=O)O)c1ccccc1. The number of amides is 1. The molecule has 1 fully saturated rings. The molecule has 20 heavy (non-hydrogen) atoms. The van der Waals surface area contributed by atoms with E-state index in [2.05, 4.69) is 5.32 Å². The van der Waals surface area contributed by atoms with Crippen molar-refractivity contribution >= 4 is 11.9 Å². The van der Waals surface area contributed by atoms with Crippen molar-refractivity contribution in [3.63, 3.8) is 0 Å². The van der Waals surface area contributed by atoms with Gasteiger partial charge in [-0.3, -0.25) is 9.59 Å². The van der Waals surface area contributed by atoms with E-state index in [0.717, 1.165) is 5.56 Å². The van der Waals surface area contributed by atoms with Gasteiger partial charge in [0.2, 0.25) is 5.91 Å². The Kier molecular flexibility index (Phi) is 4.74. The third kappa shape index (κ3) is 3.81. The summed E-state index contributed by atoms with van der Waals surface area (Å²) in [5.74, 6) is -1.20. The van der Waals surface area contributed by atoms with Crippen LogP contribution in [0.2, 0.25) is 0 Å². The number of carbonyl (C=O) groups excluding carboxylic acids is 1. The second kappa shape index (κ2) is 6.52. The average molecular weight is 277 g/mol. The highest BCUT2D eigenvalue weighted by atomic mass is 16.5. The fraction of sp³-hybridized carbons (Fsp3) is 0.467. The van der Waals surface area contributed by atoms with Crippen molar-refractivity contribution in [1.29, 1.82) is 0 Å². The number of benzene rings is 1. The molecule has 1 amide bonds.